The normalized spacial score (nSPS) is 35.0. The predicted octanol–water partition coefficient (Wildman–Crippen LogP) is 6.36. The summed E-state index contributed by atoms with van der Waals surface area (Å²) in [7, 11) is 0. The second-order valence-electron chi connectivity index (χ2n) is 11.9. The predicted molar refractivity (Wildman–Crippen MR) is 140 cm³/mol. The number of oxime groups is 1. The molecule has 0 spiro atoms. The average molecular weight is 477 g/mol. The Labute approximate surface area is 209 Å². The fraction of sp³-hybridized carbons (Fsp3) is 0.600. The van der Waals surface area contributed by atoms with Gasteiger partial charge in [-0.25, -0.2) is 0 Å². The Morgan fingerprint density at radius 1 is 1.09 bits per heavy atom. The summed E-state index contributed by atoms with van der Waals surface area (Å²) in [5, 5.41) is 17.6. The van der Waals surface area contributed by atoms with E-state index in [0.29, 0.717) is 17.8 Å². The first-order valence-corrected chi connectivity index (χ1v) is 13.4. The van der Waals surface area contributed by atoms with E-state index in [1.165, 1.54) is 11.1 Å². The van der Waals surface area contributed by atoms with E-state index in [-0.39, 0.29) is 29.4 Å². The first-order chi connectivity index (χ1) is 16.7. The smallest absolute Gasteiger partial charge is 0.265 e. The summed E-state index contributed by atoms with van der Waals surface area (Å²) in [4.78, 5) is 18.0. The molecule has 0 unspecified atom stereocenters. The van der Waals surface area contributed by atoms with Crippen molar-refractivity contribution < 1.29 is 14.7 Å². The number of rotatable bonds is 5. The molecule has 1 aromatic rings. The van der Waals surface area contributed by atoms with Gasteiger partial charge >= 0.3 is 0 Å². The van der Waals surface area contributed by atoms with Gasteiger partial charge < -0.3 is 15.3 Å². The van der Waals surface area contributed by atoms with Crippen LogP contribution < -0.4 is 5.32 Å². The summed E-state index contributed by atoms with van der Waals surface area (Å²) < 4.78 is 0. The van der Waals surface area contributed by atoms with Gasteiger partial charge in [0.15, 0.2) is 6.61 Å². The van der Waals surface area contributed by atoms with Crippen LogP contribution >= 0.6 is 0 Å². The van der Waals surface area contributed by atoms with Gasteiger partial charge in [-0.15, -0.1) is 0 Å². The molecule has 0 heterocycles. The van der Waals surface area contributed by atoms with Gasteiger partial charge in [0, 0.05) is 11.1 Å². The Balaban J connectivity index is 1.23. The molecule has 5 rings (SSSR count). The highest BCUT2D eigenvalue weighted by Crippen LogP contribution is 2.62. The van der Waals surface area contributed by atoms with Gasteiger partial charge in [-0.3, -0.25) is 4.79 Å². The molecule has 1 aromatic carbocycles. The number of fused-ring (bicyclic) bond motifs is 5. The molecule has 5 atom stereocenters. The summed E-state index contributed by atoms with van der Waals surface area (Å²) in [5.74, 6) is 1.33. The Bertz CT molecular complexity index is 1070. The van der Waals surface area contributed by atoms with Gasteiger partial charge in [-0.1, -0.05) is 68.3 Å². The van der Waals surface area contributed by atoms with Crippen LogP contribution in [0.5, 0.6) is 0 Å². The number of amides is 1. The Hall–Kier alpha value is -2.40. The number of benzene rings is 1. The Morgan fingerprint density at radius 3 is 2.54 bits per heavy atom. The van der Waals surface area contributed by atoms with Gasteiger partial charge in [-0.05, 0) is 85.8 Å². The van der Waals surface area contributed by atoms with Crippen LogP contribution in [0.15, 0.2) is 52.7 Å². The highest BCUT2D eigenvalue weighted by atomic mass is 16.6. The largest absolute Gasteiger partial charge is 0.393 e. The molecule has 0 aliphatic heterocycles. The molecular formula is C30H40N2O3. The van der Waals surface area contributed by atoms with Crippen molar-refractivity contribution in [2.45, 2.75) is 84.7 Å². The maximum atomic E-state index is 12.4. The molecule has 5 nitrogen and oxygen atoms in total. The average Bonchev–Trinajstić information content (AvgIpc) is 3.16. The lowest BCUT2D eigenvalue weighted by molar-refractivity contribution is -0.120. The van der Waals surface area contributed by atoms with Crippen LogP contribution in [0.2, 0.25) is 0 Å². The summed E-state index contributed by atoms with van der Waals surface area (Å²) in [6.07, 6.45) is 11.6. The van der Waals surface area contributed by atoms with Crippen LogP contribution in [0.3, 0.4) is 0 Å². The molecule has 0 saturated heterocycles. The molecule has 2 N–H and O–H groups in total. The quantitative estimate of drug-likeness (QED) is 0.486. The maximum absolute atomic E-state index is 12.4. The third kappa shape index (κ3) is 4.37. The Morgan fingerprint density at radius 2 is 1.80 bits per heavy atom. The lowest BCUT2D eigenvalue weighted by Crippen LogP contribution is -2.46. The molecule has 4 aliphatic carbocycles. The molecular weight excluding hydrogens is 436 g/mol. The Kier molecular flexibility index (Phi) is 6.41. The number of aliphatic hydroxyl groups is 1. The van der Waals surface area contributed by atoms with Crippen LogP contribution in [0.1, 0.15) is 84.1 Å². The third-order valence-electron chi connectivity index (χ3n) is 9.52. The fourth-order valence-electron chi connectivity index (χ4n) is 7.25. The first kappa shape index (κ1) is 24.3. The van der Waals surface area contributed by atoms with E-state index in [4.69, 9.17) is 4.84 Å². The molecule has 1 amide bonds. The summed E-state index contributed by atoms with van der Waals surface area (Å²) in [5.41, 5.74) is 6.34. The monoisotopic (exact) mass is 476 g/mol. The maximum Gasteiger partial charge on any atom is 0.265 e. The van der Waals surface area contributed by atoms with Crippen molar-refractivity contribution >= 4 is 17.3 Å². The lowest BCUT2D eigenvalue weighted by atomic mass is 9.51. The van der Waals surface area contributed by atoms with Crippen molar-refractivity contribution in [3.63, 3.8) is 0 Å². The van der Waals surface area contributed by atoms with E-state index < -0.39 is 0 Å². The first-order valence-electron chi connectivity index (χ1n) is 13.4. The minimum atomic E-state index is -0.185. The van der Waals surface area contributed by atoms with Gasteiger partial charge in [0.2, 0.25) is 0 Å². The van der Waals surface area contributed by atoms with E-state index in [1.807, 2.05) is 24.3 Å². The second kappa shape index (κ2) is 9.24. The highest BCUT2D eigenvalue weighted by Gasteiger charge is 2.55. The molecule has 4 aliphatic rings. The van der Waals surface area contributed by atoms with Crippen molar-refractivity contribution in [2.75, 3.05) is 11.9 Å². The number of carbonyl (C=O) groups is 1. The molecule has 5 heteroatoms. The lowest BCUT2D eigenvalue weighted by Gasteiger charge is -2.53. The fourth-order valence-corrected chi connectivity index (χ4v) is 7.25. The summed E-state index contributed by atoms with van der Waals surface area (Å²) >= 11 is 0. The van der Waals surface area contributed by atoms with E-state index in [0.717, 1.165) is 56.3 Å². The van der Waals surface area contributed by atoms with Crippen molar-refractivity contribution in [1.82, 2.24) is 0 Å². The number of allylic oxidation sites excluding steroid dienone is 3. The summed E-state index contributed by atoms with van der Waals surface area (Å²) in [6, 6.07) is 7.97. The topological polar surface area (TPSA) is 70.9 Å². The molecule has 188 valence electrons. The van der Waals surface area contributed by atoms with Crippen molar-refractivity contribution in [2.24, 2.45) is 27.8 Å². The SMILES string of the molecule is CC(C)c1ccc(NC(=O)CO/N=C2\CC[C@H]3C4=CC=C5C[C@@H](O)CC[C@]5(C)[C@H]4CC[C@]23C)cc1. The van der Waals surface area contributed by atoms with Gasteiger partial charge in [0.1, 0.15) is 0 Å². The second-order valence-corrected chi connectivity index (χ2v) is 11.9. The molecule has 0 bridgehead atoms. The standard InChI is InChI=1S/C30H40N2O3/c1-19(2)20-5-8-22(9-6-20)31-28(34)18-35-32-27-12-11-25-24-10-7-21-17-23(33)13-15-29(21,3)26(24)14-16-30(25,27)4/h5-10,19,23,25-26,33H,11-18H2,1-4H3,(H,31,34)/b32-27+/t23-,25-,26-,29-,30-/m0/s1. The van der Waals surface area contributed by atoms with Gasteiger partial charge in [0.05, 0.1) is 11.8 Å². The van der Waals surface area contributed by atoms with Crippen LogP contribution in [0.25, 0.3) is 0 Å². The zero-order valence-electron chi connectivity index (χ0n) is 21.6. The third-order valence-corrected chi connectivity index (χ3v) is 9.52. The van der Waals surface area contributed by atoms with Gasteiger partial charge in [-0.2, -0.15) is 0 Å². The molecule has 0 aromatic heterocycles. The van der Waals surface area contributed by atoms with Crippen molar-refractivity contribution in [3.8, 4) is 0 Å². The zero-order valence-corrected chi connectivity index (χ0v) is 21.6. The molecule has 0 radical (unpaired) electrons. The van der Waals surface area contributed by atoms with Crippen LogP contribution in [-0.4, -0.2) is 29.4 Å². The van der Waals surface area contributed by atoms with Crippen LogP contribution in [0.4, 0.5) is 5.69 Å². The number of carbonyl (C=O) groups excluding carboxylic acids is 1. The number of nitrogens with one attached hydrogen (secondary N) is 1. The van der Waals surface area contributed by atoms with Crippen LogP contribution in [0, 0.1) is 22.7 Å². The minimum absolute atomic E-state index is 0.00136. The number of hydrogen-bond donors (Lipinski definition) is 2. The number of hydrogen-bond acceptors (Lipinski definition) is 4. The minimum Gasteiger partial charge on any atom is -0.393 e. The number of anilines is 1. The molecule has 3 fully saturated rings. The molecule has 35 heavy (non-hydrogen) atoms. The van der Waals surface area contributed by atoms with Crippen LogP contribution in [-0.2, 0) is 9.63 Å². The molecule has 3 saturated carbocycles. The summed E-state index contributed by atoms with van der Waals surface area (Å²) in [6.45, 7) is 9.00. The number of nitrogens with zero attached hydrogens (tertiary/aromatic N) is 1. The van der Waals surface area contributed by atoms with E-state index in [1.54, 1.807) is 5.57 Å². The van der Waals surface area contributed by atoms with E-state index in [9.17, 15) is 9.90 Å². The van der Waals surface area contributed by atoms with Gasteiger partial charge in [0.25, 0.3) is 5.91 Å². The van der Waals surface area contributed by atoms with Crippen molar-refractivity contribution in [3.05, 3.63) is 53.1 Å². The van der Waals surface area contributed by atoms with E-state index >= 15 is 0 Å². The van der Waals surface area contributed by atoms with E-state index in [2.05, 4.69) is 50.3 Å². The number of aliphatic hydroxyl groups excluding tert-OH is 1. The van der Waals surface area contributed by atoms with Crippen molar-refractivity contribution in [1.29, 1.82) is 0 Å². The zero-order chi connectivity index (χ0) is 24.8. The highest BCUT2D eigenvalue weighted by molar-refractivity contribution is 5.93.